The lowest BCUT2D eigenvalue weighted by atomic mass is 10.4. The number of halogens is 3. The summed E-state index contributed by atoms with van der Waals surface area (Å²) in [7, 11) is 0. The molecule has 0 spiro atoms. The zero-order valence-corrected chi connectivity index (χ0v) is 10.1. The number of rotatable bonds is 3. The highest BCUT2D eigenvalue weighted by Crippen LogP contribution is 2.28. The van der Waals surface area contributed by atoms with Gasteiger partial charge in [0.25, 0.3) is 0 Å². The normalized spacial score (nSPS) is 15.9. The molecule has 0 atom stereocenters. The molecule has 1 fully saturated rings. The van der Waals surface area contributed by atoms with E-state index >= 15 is 0 Å². The molecule has 2 rings (SSSR count). The third-order valence-corrected chi connectivity index (χ3v) is 3.03. The Morgan fingerprint density at radius 1 is 1.31 bits per heavy atom. The largest absolute Gasteiger partial charge is 0.416 e. The second-order valence-electron chi connectivity index (χ2n) is 3.53. The average Bonchev–Trinajstić information content (AvgIpc) is 2.73. The van der Waals surface area contributed by atoms with Gasteiger partial charge in [0.15, 0.2) is 0 Å². The summed E-state index contributed by atoms with van der Waals surface area (Å²) in [6.07, 6.45) is 2.23. The van der Waals surface area contributed by atoms with Crippen LogP contribution in [0.3, 0.4) is 0 Å². The SMILES string of the molecule is FC(F)Oc1nc(N2CCCC2)ccc1Br. The fourth-order valence-electron chi connectivity index (χ4n) is 1.70. The molecule has 1 aliphatic heterocycles. The summed E-state index contributed by atoms with van der Waals surface area (Å²) < 4.78 is 29.0. The Morgan fingerprint density at radius 2 is 2.00 bits per heavy atom. The Morgan fingerprint density at radius 3 is 2.62 bits per heavy atom. The van der Waals surface area contributed by atoms with Crippen LogP contribution >= 0.6 is 15.9 Å². The molecule has 1 saturated heterocycles. The molecule has 0 radical (unpaired) electrons. The zero-order valence-electron chi connectivity index (χ0n) is 8.50. The number of aromatic nitrogens is 1. The van der Waals surface area contributed by atoms with Crippen molar-refractivity contribution in [3.05, 3.63) is 16.6 Å². The van der Waals surface area contributed by atoms with Gasteiger partial charge in [-0.1, -0.05) is 0 Å². The number of nitrogens with zero attached hydrogens (tertiary/aromatic N) is 2. The zero-order chi connectivity index (χ0) is 11.5. The molecule has 1 aliphatic rings. The molecule has 0 aliphatic carbocycles. The van der Waals surface area contributed by atoms with Crippen molar-refractivity contribution in [1.29, 1.82) is 0 Å². The lowest BCUT2D eigenvalue weighted by Gasteiger charge is -2.17. The van der Waals surface area contributed by atoms with Gasteiger partial charge in [-0.05, 0) is 40.9 Å². The molecule has 0 amide bonds. The van der Waals surface area contributed by atoms with E-state index in [1.165, 1.54) is 0 Å². The molecular weight excluding hydrogens is 282 g/mol. The van der Waals surface area contributed by atoms with Crippen molar-refractivity contribution in [2.45, 2.75) is 19.5 Å². The summed E-state index contributed by atoms with van der Waals surface area (Å²) in [6.45, 7) is -1.01. The Kier molecular flexibility index (Phi) is 3.58. The summed E-state index contributed by atoms with van der Waals surface area (Å²) in [5.41, 5.74) is 0. The average molecular weight is 293 g/mol. The van der Waals surface area contributed by atoms with Gasteiger partial charge in [-0.15, -0.1) is 0 Å². The van der Waals surface area contributed by atoms with Crippen LogP contribution in [0.25, 0.3) is 0 Å². The number of anilines is 1. The molecule has 6 heteroatoms. The molecular formula is C10H11BrF2N2O. The predicted molar refractivity (Wildman–Crippen MR) is 60.0 cm³/mol. The summed E-state index contributed by atoms with van der Waals surface area (Å²) in [5.74, 6) is 0.635. The molecule has 0 bridgehead atoms. The first-order valence-corrected chi connectivity index (χ1v) is 5.82. The van der Waals surface area contributed by atoms with Gasteiger partial charge in [0, 0.05) is 13.1 Å². The summed E-state index contributed by atoms with van der Waals surface area (Å²) in [4.78, 5) is 6.13. The van der Waals surface area contributed by atoms with Crippen LogP contribution < -0.4 is 9.64 Å². The highest BCUT2D eigenvalue weighted by Gasteiger charge is 2.16. The quantitative estimate of drug-likeness (QED) is 0.856. The van der Waals surface area contributed by atoms with Gasteiger partial charge in [0.2, 0.25) is 5.88 Å². The van der Waals surface area contributed by atoms with Crippen molar-refractivity contribution in [3.63, 3.8) is 0 Å². The standard InChI is InChI=1S/C10H11BrF2N2O/c11-7-3-4-8(15-5-1-2-6-15)14-9(7)16-10(12)13/h3-4,10H,1-2,5-6H2. The van der Waals surface area contributed by atoms with Gasteiger partial charge in [-0.25, -0.2) is 0 Å². The van der Waals surface area contributed by atoms with Crippen molar-refractivity contribution in [2.75, 3.05) is 18.0 Å². The predicted octanol–water partition coefficient (Wildman–Crippen LogP) is 3.05. The Labute approximate surface area is 101 Å². The Balaban J connectivity index is 2.20. The van der Waals surface area contributed by atoms with Gasteiger partial charge in [-0.2, -0.15) is 13.8 Å². The molecule has 3 nitrogen and oxygen atoms in total. The number of alkyl halides is 2. The van der Waals surface area contributed by atoms with E-state index in [0.717, 1.165) is 25.9 Å². The molecule has 0 unspecified atom stereocenters. The minimum atomic E-state index is -2.85. The molecule has 0 aromatic carbocycles. The maximum Gasteiger partial charge on any atom is 0.388 e. The molecule has 0 N–H and O–H groups in total. The van der Waals surface area contributed by atoms with Crippen LogP contribution in [0.15, 0.2) is 16.6 Å². The maximum atomic E-state index is 12.1. The van der Waals surface area contributed by atoms with Crippen LogP contribution in [0.1, 0.15) is 12.8 Å². The lowest BCUT2D eigenvalue weighted by molar-refractivity contribution is -0.0533. The molecule has 1 aromatic rings. The summed E-state index contributed by atoms with van der Waals surface area (Å²) in [6, 6.07) is 3.48. The monoisotopic (exact) mass is 292 g/mol. The topological polar surface area (TPSA) is 25.4 Å². The third kappa shape index (κ3) is 2.61. The van der Waals surface area contributed by atoms with E-state index in [2.05, 4.69) is 30.6 Å². The number of pyridine rings is 1. The van der Waals surface area contributed by atoms with Crippen LogP contribution in [0, 0.1) is 0 Å². The fraction of sp³-hybridized carbons (Fsp3) is 0.500. The van der Waals surface area contributed by atoms with E-state index in [0.29, 0.717) is 10.3 Å². The molecule has 88 valence electrons. The summed E-state index contributed by atoms with van der Waals surface area (Å²) in [5, 5.41) is 0. The van der Waals surface area contributed by atoms with Crippen molar-refractivity contribution in [1.82, 2.24) is 4.98 Å². The second-order valence-corrected chi connectivity index (χ2v) is 4.38. The van der Waals surface area contributed by atoms with Gasteiger partial charge < -0.3 is 9.64 Å². The number of hydrogen-bond donors (Lipinski definition) is 0. The van der Waals surface area contributed by atoms with Crippen molar-refractivity contribution in [2.24, 2.45) is 0 Å². The van der Waals surface area contributed by atoms with E-state index in [4.69, 9.17) is 0 Å². The Hall–Kier alpha value is -0.910. The molecule has 16 heavy (non-hydrogen) atoms. The minimum absolute atomic E-state index is 0.0561. The highest BCUT2D eigenvalue weighted by molar-refractivity contribution is 9.10. The number of hydrogen-bond acceptors (Lipinski definition) is 3. The first-order chi connectivity index (χ1) is 7.66. The first kappa shape index (κ1) is 11.6. The van der Waals surface area contributed by atoms with E-state index in [-0.39, 0.29) is 5.88 Å². The van der Waals surface area contributed by atoms with Gasteiger partial charge in [-0.3, -0.25) is 0 Å². The van der Waals surface area contributed by atoms with Crippen molar-refractivity contribution < 1.29 is 13.5 Å². The van der Waals surface area contributed by atoms with Gasteiger partial charge >= 0.3 is 6.61 Å². The van der Waals surface area contributed by atoms with Crippen LogP contribution in [-0.4, -0.2) is 24.7 Å². The van der Waals surface area contributed by atoms with E-state index in [9.17, 15) is 8.78 Å². The highest BCUT2D eigenvalue weighted by atomic mass is 79.9. The van der Waals surface area contributed by atoms with E-state index in [1.807, 2.05) is 0 Å². The summed E-state index contributed by atoms with van der Waals surface area (Å²) >= 11 is 3.13. The second kappa shape index (κ2) is 4.95. The van der Waals surface area contributed by atoms with Gasteiger partial charge in [0.1, 0.15) is 5.82 Å². The van der Waals surface area contributed by atoms with Crippen LogP contribution in [0.4, 0.5) is 14.6 Å². The first-order valence-electron chi connectivity index (χ1n) is 5.03. The Bertz CT molecular complexity index is 370. The van der Waals surface area contributed by atoms with E-state index < -0.39 is 6.61 Å². The maximum absolute atomic E-state index is 12.1. The fourth-order valence-corrected chi connectivity index (χ4v) is 2.02. The van der Waals surface area contributed by atoms with Gasteiger partial charge in [0.05, 0.1) is 4.47 Å². The smallest absolute Gasteiger partial charge is 0.388 e. The minimum Gasteiger partial charge on any atom is -0.416 e. The molecule has 2 heterocycles. The van der Waals surface area contributed by atoms with Crippen LogP contribution in [-0.2, 0) is 0 Å². The van der Waals surface area contributed by atoms with Crippen molar-refractivity contribution >= 4 is 21.7 Å². The van der Waals surface area contributed by atoms with E-state index in [1.54, 1.807) is 12.1 Å². The lowest BCUT2D eigenvalue weighted by Crippen LogP contribution is -2.19. The van der Waals surface area contributed by atoms with Crippen LogP contribution in [0.2, 0.25) is 0 Å². The van der Waals surface area contributed by atoms with Crippen molar-refractivity contribution in [3.8, 4) is 5.88 Å². The number of ether oxygens (including phenoxy) is 1. The van der Waals surface area contributed by atoms with Crippen LogP contribution in [0.5, 0.6) is 5.88 Å². The molecule has 0 saturated carbocycles. The third-order valence-electron chi connectivity index (χ3n) is 2.43. The molecule has 1 aromatic heterocycles.